The van der Waals surface area contributed by atoms with Gasteiger partial charge in [-0.1, -0.05) is 114 Å². The van der Waals surface area contributed by atoms with Crippen LogP contribution in [0.1, 0.15) is 73.8 Å². The van der Waals surface area contributed by atoms with Gasteiger partial charge in [0.1, 0.15) is 17.4 Å². The molecule has 0 radical (unpaired) electrons. The van der Waals surface area contributed by atoms with Gasteiger partial charge in [-0.25, -0.2) is 8.78 Å². The Hall–Kier alpha value is -3.07. The van der Waals surface area contributed by atoms with Crippen LogP contribution in [0, 0.1) is 11.6 Å². The van der Waals surface area contributed by atoms with Crippen molar-refractivity contribution in [3.05, 3.63) is 130 Å². The van der Waals surface area contributed by atoms with E-state index in [0.717, 1.165) is 61.5 Å². The summed E-state index contributed by atoms with van der Waals surface area (Å²) in [5.41, 5.74) is 5.80. The lowest BCUT2D eigenvalue weighted by Gasteiger charge is -2.36. The van der Waals surface area contributed by atoms with E-state index in [0.29, 0.717) is 11.7 Å². The van der Waals surface area contributed by atoms with E-state index in [9.17, 15) is 4.39 Å². The summed E-state index contributed by atoms with van der Waals surface area (Å²) in [6, 6.07) is 29.4. The van der Waals surface area contributed by atoms with E-state index in [1.54, 1.807) is 13.2 Å². The van der Waals surface area contributed by atoms with E-state index in [2.05, 4.69) is 74.5 Å². The molecule has 2 atom stereocenters. The summed E-state index contributed by atoms with van der Waals surface area (Å²) in [6.07, 6.45) is 6.37. The predicted molar refractivity (Wildman–Crippen MR) is 168 cm³/mol. The molecule has 0 bridgehead atoms. The van der Waals surface area contributed by atoms with Crippen LogP contribution in [0.2, 0.25) is 0 Å². The molecule has 0 saturated heterocycles. The first kappa shape index (κ1) is 30.9. The molecule has 0 aromatic heterocycles. The van der Waals surface area contributed by atoms with Crippen molar-refractivity contribution in [2.75, 3.05) is 13.9 Å². The molecule has 0 N–H and O–H groups in total. The van der Waals surface area contributed by atoms with Gasteiger partial charge in [-0.05, 0) is 53.6 Å². The lowest BCUT2D eigenvalue weighted by Crippen LogP contribution is -2.26. The van der Waals surface area contributed by atoms with Gasteiger partial charge in [0.2, 0.25) is 0 Å². The maximum Gasteiger partial charge on any atom is 0.188 e. The Labute approximate surface area is 245 Å². The van der Waals surface area contributed by atoms with E-state index in [-0.39, 0.29) is 20.5 Å². The van der Waals surface area contributed by atoms with Gasteiger partial charge in [0.05, 0.1) is 0 Å². The summed E-state index contributed by atoms with van der Waals surface area (Å²) in [4.78, 5) is 0. The summed E-state index contributed by atoms with van der Waals surface area (Å²) in [7, 11) is 1.75. The molecule has 41 heavy (non-hydrogen) atoms. The van der Waals surface area contributed by atoms with Crippen LogP contribution in [0.3, 0.4) is 0 Å². The van der Waals surface area contributed by atoms with E-state index >= 15 is 4.39 Å². The Balaban J connectivity index is 1.92. The Morgan fingerprint density at radius 3 is 2.05 bits per heavy atom. The Morgan fingerprint density at radius 1 is 0.756 bits per heavy atom. The molecule has 5 heteroatoms. The number of rotatable bonds is 15. The number of ether oxygens (including phenoxy) is 2. The van der Waals surface area contributed by atoms with Crippen molar-refractivity contribution < 1.29 is 18.3 Å². The Kier molecular flexibility index (Phi) is 11.5. The zero-order valence-electron chi connectivity index (χ0n) is 24.4. The van der Waals surface area contributed by atoms with Gasteiger partial charge in [0.25, 0.3) is 0 Å². The fourth-order valence-electron chi connectivity index (χ4n) is 5.52. The monoisotopic (exact) mass is 574 g/mol. The van der Waals surface area contributed by atoms with E-state index in [1.165, 1.54) is 22.8 Å². The van der Waals surface area contributed by atoms with Crippen LogP contribution in [-0.4, -0.2) is 13.9 Å². The second-order valence-electron chi connectivity index (χ2n) is 10.6. The molecular weight excluding hydrogens is 533 g/mol. The van der Waals surface area contributed by atoms with Crippen LogP contribution >= 0.6 is 8.58 Å². The normalized spacial score (nSPS) is 13.0. The maximum absolute atomic E-state index is 15.2. The van der Waals surface area contributed by atoms with Gasteiger partial charge < -0.3 is 9.47 Å². The number of hydrogen-bond acceptors (Lipinski definition) is 2. The molecule has 0 aliphatic carbocycles. The van der Waals surface area contributed by atoms with Crippen LogP contribution in [0.25, 0.3) is 0 Å². The summed E-state index contributed by atoms with van der Waals surface area (Å²) in [5.74, 6) is -0.218. The molecule has 4 aromatic carbocycles. The molecule has 2 unspecified atom stereocenters. The molecule has 0 heterocycles. The minimum Gasteiger partial charge on any atom is -0.467 e. The van der Waals surface area contributed by atoms with Crippen LogP contribution in [0.5, 0.6) is 5.75 Å². The molecule has 0 spiro atoms. The summed E-state index contributed by atoms with van der Waals surface area (Å²) in [5, 5.41) is 0.176. The van der Waals surface area contributed by atoms with Gasteiger partial charge in [0, 0.05) is 35.6 Å². The van der Waals surface area contributed by atoms with Gasteiger partial charge in [-0.15, -0.1) is 0 Å². The van der Waals surface area contributed by atoms with E-state index in [4.69, 9.17) is 9.47 Å². The van der Waals surface area contributed by atoms with Crippen molar-refractivity contribution in [1.29, 1.82) is 0 Å². The van der Waals surface area contributed by atoms with Crippen molar-refractivity contribution in [3.8, 4) is 5.75 Å². The number of unbranched alkanes of at least 4 members (excludes halogenated alkanes) is 2. The number of methoxy groups -OCH3 is 1. The van der Waals surface area contributed by atoms with Crippen molar-refractivity contribution in [2.45, 2.75) is 63.9 Å². The van der Waals surface area contributed by atoms with E-state index in [1.807, 2.05) is 12.1 Å². The highest BCUT2D eigenvalue weighted by Gasteiger charge is 2.35. The highest BCUT2D eigenvalue weighted by molar-refractivity contribution is 7.48. The third-order valence-electron chi connectivity index (χ3n) is 7.67. The first-order valence-corrected chi connectivity index (χ1v) is 15.6. The van der Waals surface area contributed by atoms with Gasteiger partial charge in [-0.3, -0.25) is 0 Å². The predicted octanol–water partition coefficient (Wildman–Crippen LogP) is 9.32. The quantitative estimate of drug-likeness (QED) is 0.0800. The van der Waals surface area contributed by atoms with Gasteiger partial charge in [-0.2, -0.15) is 0 Å². The number of benzene rings is 4. The SMILES string of the molecule is CCCCCC(CC)(Pc1ccc(F)cc1F)c1cc(Cc2ccccc2)cc(Cc2ccccc2)c1OCOC. The fraction of sp³-hybridized carbons (Fsp3) is 0.333. The molecular formula is C36H41F2O2P. The van der Waals surface area contributed by atoms with Crippen LogP contribution in [0.4, 0.5) is 8.78 Å². The van der Waals surface area contributed by atoms with Crippen LogP contribution in [-0.2, 0) is 22.7 Å². The van der Waals surface area contributed by atoms with Gasteiger partial charge in [0.15, 0.2) is 6.79 Å². The lowest BCUT2D eigenvalue weighted by atomic mass is 9.84. The molecule has 0 aliphatic rings. The molecule has 0 fully saturated rings. The minimum absolute atomic E-state index is 0.117. The molecule has 216 valence electrons. The third-order valence-corrected chi connectivity index (χ3v) is 9.69. The van der Waals surface area contributed by atoms with E-state index < -0.39 is 11.6 Å². The first-order valence-electron chi connectivity index (χ1n) is 14.6. The molecule has 0 amide bonds. The topological polar surface area (TPSA) is 18.5 Å². The summed E-state index contributed by atoms with van der Waals surface area (Å²) < 4.78 is 40.9. The first-order chi connectivity index (χ1) is 20.0. The second-order valence-corrected chi connectivity index (χ2v) is 12.4. The van der Waals surface area contributed by atoms with Crippen molar-refractivity contribution in [1.82, 2.24) is 0 Å². The highest BCUT2D eigenvalue weighted by Crippen LogP contribution is 2.52. The van der Waals surface area contributed by atoms with Crippen molar-refractivity contribution in [2.24, 2.45) is 0 Å². The second kappa shape index (κ2) is 15.2. The van der Waals surface area contributed by atoms with Crippen molar-refractivity contribution in [3.63, 3.8) is 0 Å². The smallest absolute Gasteiger partial charge is 0.188 e. The third kappa shape index (κ3) is 8.24. The maximum atomic E-state index is 15.2. The fourth-order valence-corrected chi connectivity index (χ4v) is 7.20. The van der Waals surface area contributed by atoms with Crippen LogP contribution < -0.4 is 10.0 Å². The molecule has 2 nitrogen and oxygen atoms in total. The summed E-state index contributed by atoms with van der Waals surface area (Å²) >= 11 is 0. The molecule has 0 aliphatic heterocycles. The van der Waals surface area contributed by atoms with Crippen molar-refractivity contribution >= 4 is 13.9 Å². The Morgan fingerprint density at radius 2 is 1.44 bits per heavy atom. The lowest BCUT2D eigenvalue weighted by molar-refractivity contribution is 0.0492. The highest BCUT2D eigenvalue weighted by atomic mass is 31.1. The molecule has 4 aromatic rings. The molecule has 4 rings (SSSR count). The van der Waals surface area contributed by atoms with Crippen LogP contribution in [0.15, 0.2) is 91.0 Å². The average molecular weight is 575 g/mol. The zero-order valence-corrected chi connectivity index (χ0v) is 25.4. The number of hydrogen-bond donors (Lipinski definition) is 0. The minimum atomic E-state index is -0.553. The summed E-state index contributed by atoms with van der Waals surface area (Å²) in [6.45, 7) is 4.50. The Bertz CT molecular complexity index is 1380. The van der Waals surface area contributed by atoms with Gasteiger partial charge >= 0.3 is 0 Å². The zero-order chi connectivity index (χ0) is 29.1. The number of halogens is 2. The average Bonchev–Trinajstić information content (AvgIpc) is 2.98. The largest absolute Gasteiger partial charge is 0.467 e. The molecule has 0 saturated carbocycles. The standard InChI is InChI=1S/C36H41F2O2P/c1-4-6-13-20-36(5-2,41-34-19-18-31(37)25-33(34)38)32-24-29(21-27-14-9-7-10-15-27)23-30(35(32)40-26-39-3)22-28-16-11-8-12-17-28/h7-12,14-19,23-25,41H,4-6,13,20-22,26H2,1-3H3.